The molecule has 2 aromatic heterocycles. The Labute approximate surface area is 98.3 Å². The molecule has 0 unspecified atom stereocenters. The maximum atomic E-state index is 11.4. The summed E-state index contributed by atoms with van der Waals surface area (Å²) in [5.74, 6) is -0.450. The summed E-state index contributed by atoms with van der Waals surface area (Å²) >= 11 is 1.59. The lowest BCUT2D eigenvalue weighted by Gasteiger charge is -2.05. The summed E-state index contributed by atoms with van der Waals surface area (Å²) < 4.78 is 0.922. The Morgan fingerprint density at radius 2 is 1.81 bits per heavy atom. The van der Waals surface area contributed by atoms with Crippen LogP contribution in [0.1, 0.15) is 32.2 Å². The minimum absolute atomic E-state index is 0.402. The van der Waals surface area contributed by atoms with Crippen molar-refractivity contribution in [3.8, 4) is 0 Å². The number of aromatic nitrogens is 1. The van der Waals surface area contributed by atoms with Crippen LogP contribution < -0.4 is 5.73 Å². The molecule has 0 aliphatic heterocycles. The van der Waals surface area contributed by atoms with Crippen molar-refractivity contribution in [1.29, 1.82) is 0 Å². The van der Waals surface area contributed by atoms with Crippen molar-refractivity contribution < 1.29 is 4.79 Å². The van der Waals surface area contributed by atoms with E-state index in [4.69, 9.17) is 5.73 Å². The number of amides is 1. The van der Waals surface area contributed by atoms with Gasteiger partial charge in [-0.3, -0.25) is 4.79 Å². The molecule has 3 nitrogen and oxygen atoms in total. The lowest BCUT2D eigenvalue weighted by atomic mass is 10.1. The van der Waals surface area contributed by atoms with Crippen molar-refractivity contribution in [2.75, 3.05) is 0 Å². The third-order valence-electron chi connectivity index (χ3n) is 3.03. The molecule has 2 heterocycles. The SMILES string of the molecule is Cc1nc(C(N)=O)c2sc(C)c(C)c2c1C. The fourth-order valence-corrected chi connectivity index (χ4v) is 3.11. The van der Waals surface area contributed by atoms with Gasteiger partial charge in [0, 0.05) is 16.0 Å². The second kappa shape index (κ2) is 3.56. The number of thiophene rings is 1. The van der Waals surface area contributed by atoms with E-state index in [1.54, 1.807) is 11.3 Å². The number of hydrogen-bond acceptors (Lipinski definition) is 3. The quantitative estimate of drug-likeness (QED) is 0.824. The second-order valence-electron chi connectivity index (χ2n) is 4.02. The smallest absolute Gasteiger partial charge is 0.268 e. The molecule has 0 bridgehead atoms. The molecule has 0 saturated heterocycles. The first-order valence-electron chi connectivity index (χ1n) is 5.10. The molecule has 0 radical (unpaired) electrons. The molecule has 1 amide bonds. The highest BCUT2D eigenvalue weighted by molar-refractivity contribution is 7.19. The topological polar surface area (TPSA) is 56.0 Å². The standard InChI is InChI=1S/C12H14N2OS/c1-5-7(3)14-10(12(13)15)11-9(5)6(2)8(4)16-11/h1-4H3,(H2,13,15). The van der Waals surface area contributed by atoms with E-state index in [1.807, 2.05) is 13.8 Å². The molecule has 2 N–H and O–H groups in total. The van der Waals surface area contributed by atoms with Crippen molar-refractivity contribution in [3.63, 3.8) is 0 Å². The third kappa shape index (κ3) is 1.41. The van der Waals surface area contributed by atoms with Gasteiger partial charge in [-0.25, -0.2) is 4.98 Å². The van der Waals surface area contributed by atoms with E-state index >= 15 is 0 Å². The van der Waals surface area contributed by atoms with Gasteiger partial charge in [0.05, 0.1) is 4.70 Å². The van der Waals surface area contributed by atoms with E-state index in [9.17, 15) is 4.79 Å². The molecular weight excluding hydrogens is 220 g/mol. The number of nitrogens with zero attached hydrogens (tertiary/aromatic N) is 1. The van der Waals surface area contributed by atoms with Gasteiger partial charge in [0.15, 0.2) is 0 Å². The van der Waals surface area contributed by atoms with Gasteiger partial charge in [0.1, 0.15) is 5.69 Å². The van der Waals surface area contributed by atoms with E-state index in [1.165, 1.54) is 10.4 Å². The summed E-state index contributed by atoms with van der Waals surface area (Å²) in [7, 11) is 0. The number of hydrogen-bond donors (Lipinski definition) is 1. The molecule has 0 aromatic carbocycles. The van der Waals surface area contributed by atoms with E-state index in [0.717, 1.165) is 21.3 Å². The van der Waals surface area contributed by atoms with E-state index in [-0.39, 0.29) is 0 Å². The molecule has 0 aliphatic carbocycles. The highest BCUT2D eigenvalue weighted by Crippen LogP contribution is 2.34. The van der Waals surface area contributed by atoms with E-state index in [2.05, 4.69) is 18.8 Å². The van der Waals surface area contributed by atoms with Crippen LogP contribution in [-0.4, -0.2) is 10.9 Å². The van der Waals surface area contributed by atoms with Crippen LogP contribution in [0.5, 0.6) is 0 Å². The number of carbonyl (C=O) groups is 1. The maximum Gasteiger partial charge on any atom is 0.268 e. The number of aryl methyl sites for hydroxylation is 4. The van der Waals surface area contributed by atoms with Crippen LogP contribution >= 0.6 is 11.3 Å². The Morgan fingerprint density at radius 3 is 2.38 bits per heavy atom. The van der Waals surface area contributed by atoms with Crippen LogP contribution in [0.4, 0.5) is 0 Å². The summed E-state index contributed by atoms with van der Waals surface area (Å²) in [5, 5.41) is 1.14. The van der Waals surface area contributed by atoms with Crippen molar-refractivity contribution >= 4 is 27.3 Å². The van der Waals surface area contributed by atoms with Crippen LogP contribution in [0.3, 0.4) is 0 Å². The molecule has 0 spiro atoms. The van der Waals surface area contributed by atoms with Gasteiger partial charge in [-0.05, 0) is 38.8 Å². The fourth-order valence-electron chi connectivity index (χ4n) is 1.90. The molecule has 84 valence electrons. The van der Waals surface area contributed by atoms with Crippen molar-refractivity contribution in [2.45, 2.75) is 27.7 Å². The number of primary amides is 1. The van der Waals surface area contributed by atoms with Gasteiger partial charge in [-0.1, -0.05) is 0 Å². The first-order valence-corrected chi connectivity index (χ1v) is 5.91. The molecule has 2 rings (SSSR count). The average Bonchev–Trinajstić information content (AvgIpc) is 2.49. The molecule has 0 fully saturated rings. The van der Waals surface area contributed by atoms with Gasteiger partial charge in [0.25, 0.3) is 5.91 Å². The fraction of sp³-hybridized carbons (Fsp3) is 0.333. The van der Waals surface area contributed by atoms with Gasteiger partial charge in [-0.2, -0.15) is 0 Å². The lowest BCUT2D eigenvalue weighted by molar-refractivity contribution is 0.0997. The second-order valence-corrected chi connectivity index (χ2v) is 5.25. The van der Waals surface area contributed by atoms with Gasteiger partial charge in [-0.15, -0.1) is 11.3 Å². The monoisotopic (exact) mass is 234 g/mol. The number of fused-ring (bicyclic) bond motifs is 1. The molecular formula is C12H14N2OS. The van der Waals surface area contributed by atoms with Crippen LogP contribution in [0.2, 0.25) is 0 Å². The predicted octanol–water partition coefficient (Wildman–Crippen LogP) is 2.63. The van der Waals surface area contributed by atoms with Crippen LogP contribution in [0.15, 0.2) is 0 Å². The van der Waals surface area contributed by atoms with Crippen molar-refractivity contribution in [1.82, 2.24) is 4.98 Å². The molecule has 4 heteroatoms. The van der Waals surface area contributed by atoms with Gasteiger partial charge in [0.2, 0.25) is 0 Å². The van der Waals surface area contributed by atoms with Crippen LogP contribution in [0.25, 0.3) is 10.1 Å². The summed E-state index contributed by atoms with van der Waals surface area (Å²) in [4.78, 5) is 16.9. The Morgan fingerprint density at radius 1 is 1.19 bits per heavy atom. The summed E-state index contributed by atoms with van der Waals surface area (Å²) in [6.45, 7) is 8.08. The normalized spacial score (nSPS) is 11.0. The number of pyridine rings is 1. The Hall–Kier alpha value is -1.42. The minimum Gasteiger partial charge on any atom is -0.364 e. The predicted molar refractivity (Wildman–Crippen MR) is 67.1 cm³/mol. The summed E-state index contributed by atoms with van der Waals surface area (Å²) in [6, 6.07) is 0. The van der Waals surface area contributed by atoms with Crippen LogP contribution in [0, 0.1) is 27.7 Å². The first-order chi connectivity index (χ1) is 7.43. The molecule has 0 aliphatic rings. The summed E-state index contributed by atoms with van der Waals surface area (Å²) in [6.07, 6.45) is 0. The minimum atomic E-state index is -0.450. The van der Waals surface area contributed by atoms with Crippen LogP contribution in [-0.2, 0) is 0 Å². The van der Waals surface area contributed by atoms with E-state index < -0.39 is 5.91 Å². The first kappa shape index (κ1) is 11.1. The van der Waals surface area contributed by atoms with Gasteiger partial charge < -0.3 is 5.73 Å². The zero-order valence-electron chi connectivity index (χ0n) is 9.84. The molecule has 16 heavy (non-hydrogen) atoms. The number of rotatable bonds is 1. The maximum absolute atomic E-state index is 11.4. The highest BCUT2D eigenvalue weighted by atomic mass is 32.1. The highest BCUT2D eigenvalue weighted by Gasteiger charge is 2.17. The van der Waals surface area contributed by atoms with Crippen molar-refractivity contribution in [2.24, 2.45) is 5.73 Å². The van der Waals surface area contributed by atoms with Crippen molar-refractivity contribution in [3.05, 3.63) is 27.4 Å². The van der Waals surface area contributed by atoms with Gasteiger partial charge >= 0.3 is 0 Å². The third-order valence-corrected chi connectivity index (χ3v) is 4.24. The molecule has 2 aromatic rings. The largest absolute Gasteiger partial charge is 0.364 e. The Bertz CT molecular complexity index is 599. The zero-order chi connectivity index (χ0) is 12.0. The summed E-state index contributed by atoms with van der Waals surface area (Å²) in [5.41, 5.74) is 9.01. The Kier molecular flexibility index (Phi) is 2.46. The average molecular weight is 234 g/mol. The molecule has 0 saturated carbocycles. The molecule has 0 atom stereocenters. The zero-order valence-corrected chi connectivity index (χ0v) is 10.7. The number of nitrogens with two attached hydrogens (primary N) is 1. The number of carbonyl (C=O) groups excluding carboxylic acids is 1. The Balaban J connectivity index is 3.01. The van der Waals surface area contributed by atoms with E-state index in [0.29, 0.717) is 5.69 Å². The lowest BCUT2D eigenvalue weighted by Crippen LogP contribution is -2.14.